The molecule has 3 N–H and O–H groups in total. The van der Waals surface area contributed by atoms with Gasteiger partial charge >= 0.3 is 0 Å². The van der Waals surface area contributed by atoms with Crippen molar-refractivity contribution in [3.05, 3.63) is 35.5 Å². The normalized spacial score (nSPS) is 13.0. The molecule has 0 aromatic carbocycles. The molecule has 1 amide bonds. The number of aliphatic hydroxyl groups is 1. The van der Waals surface area contributed by atoms with Crippen molar-refractivity contribution in [2.45, 2.75) is 20.3 Å². The molecule has 7 heteroatoms. The third-order valence-corrected chi connectivity index (χ3v) is 3.94. The molecule has 24 heavy (non-hydrogen) atoms. The molecule has 0 fully saturated rings. The van der Waals surface area contributed by atoms with Gasteiger partial charge in [-0.3, -0.25) is 4.79 Å². The van der Waals surface area contributed by atoms with Crippen LogP contribution in [0.4, 0.5) is 23.1 Å². The van der Waals surface area contributed by atoms with Gasteiger partial charge in [0.1, 0.15) is 11.6 Å². The van der Waals surface area contributed by atoms with Gasteiger partial charge in [-0.05, 0) is 44.0 Å². The van der Waals surface area contributed by atoms with Crippen molar-refractivity contribution in [1.29, 1.82) is 0 Å². The van der Waals surface area contributed by atoms with Crippen LogP contribution in [0.25, 0.3) is 0 Å². The van der Waals surface area contributed by atoms with E-state index in [4.69, 9.17) is 5.11 Å². The Morgan fingerprint density at radius 1 is 1.38 bits per heavy atom. The van der Waals surface area contributed by atoms with E-state index < -0.39 is 0 Å². The second-order valence-electron chi connectivity index (χ2n) is 5.60. The Kier molecular flexibility index (Phi) is 4.61. The molecule has 126 valence electrons. The average Bonchev–Trinajstić information content (AvgIpc) is 2.70. The number of rotatable bonds is 5. The number of aryl methyl sites for hydroxylation is 1. The van der Waals surface area contributed by atoms with Gasteiger partial charge in [-0.2, -0.15) is 0 Å². The molecule has 0 bridgehead atoms. The largest absolute Gasteiger partial charge is 0.396 e. The third kappa shape index (κ3) is 2.90. The summed E-state index contributed by atoms with van der Waals surface area (Å²) < 4.78 is 0. The first-order valence-corrected chi connectivity index (χ1v) is 8.06. The number of aliphatic hydroxyl groups excluding tert-OH is 1. The quantitative estimate of drug-likeness (QED) is 0.730. The molecule has 0 aliphatic carbocycles. The van der Waals surface area contributed by atoms with Gasteiger partial charge in [0.15, 0.2) is 5.82 Å². The van der Waals surface area contributed by atoms with Crippen LogP contribution in [0.5, 0.6) is 0 Å². The van der Waals surface area contributed by atoms with E-state index in [1.165, 1.54) is 0 Å². The van der Waals surface area contributed by atoms with Gasteiger partial charge < -0.3 is 20.6 Å². The molecular formula is C17H21N5O2. The highest BCUT2D eigenvalue weighted by Crippen LogP contribution is 2.37. The molecule has 0 saturated heterocycles. The van der Waals surface area contributed by atoms with Crippen LogP contribution in [-0.2, 0) is 0 Å². The standard InChI is InChI=1S/C17H21N5O2/c1-3-22-15-12(6-4-7-19-15)17(24)21-14-11(2)10-13(20-16(14)22)18-8-5-9-23/h4,6-7,10,23H,3,5,8-9H2,1-2H3,(H,18,20)(H,21,24). The van der Waals surface area contributed by atoms with Crippen molar-refractivity contribution < 1.29 is 9.90 Å². The van der Waals surface area contributed by atoms with Crippen LogP contribution in [0.1, 0.15) is 29.3 Å². The van der Waals surface area contributed by atoms with E-state index in [1.54, 1.807) is 18.3 Å². The van der Waals surface area contributed by atoms with Crippen molar-refractivity contribution in [3.8, 4) is 0 Å². The fourth-order valence-electron chi connectivity index (χ4n) is 2.76. The van der Waals surface area contributed by atoms with Gasteiger partial charge in [0.25, 0.3) is 5.91 Å². The van der Waals surface area contributed by atoms with Gasteiger partial charge in [0, 0.05) is 25.9 Å². The lowest BCUT2D eigenvalue weighted by molar-refractivity contribution is 0.102. The van der Waals surface area contributed by atoms with Crippen molar-refractivity contribution >= 4 is 29.0 Å². The summed E-state index contributed by atoms with van der Waals surface area (Å²) in [4.78, 5) is 23.5. The molecule has 0 radical (unpaired) electrons. The lowest BCUT2D eigenvalue weighted by Crippen LogP contribution is -2.20. The summed E-state index contributed by atoms with van der Waals surface area (Å²) in [5.74, 6) is 1.82. The predicted molar refractivity (Wildman–Crippen MR) is 94.0 cm³/mol. The number of hydrogen-bond acceptors (Lipinski definition) is 6. The summed E-state index contributed by atoms with van der Waals surface area (Å²) in [6, 6.07) is 5.42. The smallest absolute Gasteiger partial charge is 0.259 e. The summed E-state index contributed by atoms with van der Waals surface area (Å²) in [5, 5.41) is 15.1. The molecule has 2 aromatic rings. The molecular weight excluding hydrogens is 306 g/mol. The van der Waals surface area contributed by atoms with Crippen LogP contribution in [-0.4, -0.2) is 40.7 Å². The second-order valence-corrected chi connectivity index (χ2v) is 5.60. The number of nitrogens with zero attached hydrogens (tertiary/aromatic N) is 3. The number of fused-ring (bicyclic) bond motifs is 2. The topological polar surface area (TPSA) is 90.4 Å². The average molecular weight is 327 g/mol. The highest BCUT2D eigenvalue weighted by atomic mass is 16.3. The summed E-state index contributed by atoms with van der Waals surface area (Å²) in [7, 11) is 0. The Morgan fingerprint density at radius 2 is 2.21 bits per heavy atom. The molecule has 0 atom stereocenters. The van der Waals surface area contributed by atoms with Crippen molar-refractivity contribution in [3.63, 3.8) is 0 Å². The number of carbonyl (C=O) groups excluding carboxylic acids is 1. The predicted octanol–water partition coefficient (Wildman–Crippen LogP) is 2.30. The van der Waals surface area contributed by atoms with E-state index in [-0.39, 0.29) is 12.5 Å². The maximum absolute atomic E-state index is 12.5. The fourth-order valence-corrected chi connectivity index (χ4v) is 2.76. The molecule has 1 aliphatic rings. The number of amides is 1. The Balaban J connectivity index is 2.09. The van der Waals surface area contributed by atoms with Crippen molar-refractivity contribution in [2.75, 3.05) is 35.2 Å². The lowest BCUT2D eigenvalue weighted by Gasteiger charge is -2.23. The summed E-state index contributed by atoms with van der Waals surface area (Å²) in [6.07, 6.45) is 2.33. The van der Waals surface area contributed by atoms with Gasteiger partial charge in [-0.25, -0.2) is 9.97 Å². The lowest BCUT2D eigenvalue weighted by atomic mass is 10.2. The SMILES string of the molecule is CCN1c2ncccc2C(=O)Nc2c(C)cc(NCCCO)nc21. The molecule has 3 rings (SSSR count). The number of pyridine rings is 2. The molecule has 0 saturated carbocycles. The Hall–Kier alpha value is -2.67. The molecule has 0 unspecified atom stereocenters. The maximum atomic E-state index is 12.5. The number of aromatic nitrogens is 2. The third-order valence-electron chi connectivity index (χ3n) is 3.94. The molecule has 1 aliphatic heterocycles. The van der Waals surface area contributed by atoms with Crippen LogP contribution in [0.2, 0.25) is 0 Å². The molecule has 7 nitrogen and oxygen atoms in total. The zero-order valence-corrected chi connectivity index (χ0v) is 13.8. The van der Waals surface area contributed by atoms with Crippen molar-refractivity contribution in [2.24, 2.45) is 0 Å². The second kappa shape index (κ2) is 6.84. The van der Waals surface area contributed by atoms with E-state index in [2.05, 4.69) is 20.6 Å². The number of hydrogen-bond donors (Lipinski definition) is 3. The number of carbonyl (C=O) groups is 1. The summed E-state index contributed by atoms with van der Waals surface area (Å²) >= 11 is 0. The van der Waals surface area contributed by atoms with E-state index in [9.17, 15) is 4.79 Å². The first-order chi connectivity index (χ1) is 11.7. The Bertz CT molecular complexity index is 763. The number of anilines is 4. The minimum atomic E-state index is -0.179. The highest BCUT2D eigenvalue weighted by Gasteiger charge is 2.27. The summed E-state index contributed by atoms with van der Waals surface area (Å²) in [5.41, 5.74) is 2.16. The minimum Gasteiger partial charge on any atom is -0.396 e. The monoisotopic (exact) mass is 327 g/mol. The first-order valence-electron chi connectivity index (χ1n) is 8.06. The van der Waals surface area contributed by atoms with E-state index in [1.807, 2.05) is 24.8 Å². The molecule has 2 aromatic heterocycles. The fraction of sp³-hybridized carbons (Fsp3) is 0.353. The van der Waals surface area contributed by atoms with Gasteiger partial charge in [-0.1, -0.05) is 0 Å². The van der Waals surface area contributed by atoms with Gasteiger partial charge in [0.2, 0.25) is 0 Å². The van der Waals surface area contributed by atoms with E-state index in [0.29, 0.717) is 48.2 Å². The van der Waals surface area contributed by atoms with Crippen LogP contribution in [0.3, 0.4) is 0 Å². The van der Waals surface area contributed by atoms with Crippen LogP contribution >= 0.6 is 0 Å². The first kappa shape index (κ1) is 16.2. The zero-order valence-electron chi connectivity index (χ0n) is 13.8. The maximum Gasteiger partial charge on any atom is 0.259 e. The van der Waals surface area contributed by atoms with Crippen molar-refractivity contribution in [1.82, 2.24) is 9.97 Å². The van der Waals surface area contributed by atoms with E-state index in [0.717, 1.165) is 5.56 Å². The molecule has 0 spiro atoms. The number of nitrogens with one attached hydrogen (secondary N) is 2. The Morgan fingerprint density at radius 3 is 2.96 bits per heavy atom. The van der Waals surface area contributed by atoms with Crippen LogP contribution < -0.4 is 15.5 Å². The zero-order chi connectivity index (χ0) is 17.1. The summed E-state index contributed by atoms with van der Waals surface area (Å²) in [6.45, 7) is 5.34. The highest BCUT2D eigenvalue weighted by molar-refractivity contribution is 6.11. The van der Waals surface area contributed by atoms with E-state index >= 15 is 0 Å². The van der Waals surface area contributed by atoms with Gasteiger partial charge in [-0.15, -0.1) is 0 Å². The van der Waals surface area contributed by atoms with Gasteiger partial charge in [0.05, 0.1) is 11.3 Å². The van der Waals surface area contributed by atoms with Crippen LogP contribution in [0.15, 0.2) is 24.4 Å². The minimum absolute atomic E-state index is 0.130. The Labute approximate surface area is 140 Å². The van der Waals surface area contributed by atoms with Crippen LogP contribution in [0, 0.1) is 6.92 Å². The molecule has 3 heterocycles.